The molecule has 2 heterocycles. The normalized spacial score (nSPS) is 13.1. The van der Waals surface area contributed by atoms with Gasteiger partial charge in [0, 0.05) is 18.2 Å². The van der Waals surface area contributed by atoms with E-state index in [4.69, 9.17) is 18.9 Å². The second kappa shape index (κ2) is 5.72. The number of methoxy groups -OCH3 is 1. The van der Waals surface area contributed by atoms with Crippen molar-refractivity contribution in [1.29, 1.82) is 0 Å². The number of fused-ring (bicyclic) bond motifs is 2. The average Bonchev–Trinajstić information content (AvgIpc) is 2.99. The van der Waals surface area contributed by atoms with Gasteiger partial charge >= 0.3 is 0 Å². The van der Waals surface area contributed by atoms with Crippen LogP contribution in [-0.2, 0) is 6.61 Å². The molecule has 0 bridgehead atoms. The number of imidazole rings is 1. The van der Waals surface area contributed by atoms with Crippen LogP contribution in [0.5, 0.6) is 23.0 Å². The standard InChI is InChI=1S/C17H16N2O4/c1-20-11-3-2-4-12(7-11)23-10-17-18-13-8-15-16(9-14(13)19-17)22-6-5-21-15/h2-4,7-9H,5-6,10H2,1H3,(H,18,19). The van der Waals surface area contributed by atoms with Crippen molar-refractivity contribution in [3.05, 3.63) is 42.2 Å². The summed E-state index contributed by atoms with van der Waals surface area (Å²) in [4.78, 5) is 7.77. The lowest BCUT2D eigenvalue weighted by Gasteiger charge is -2.17. The van der Waals surface area contributed by atoms with Gasteiger partial charge < -0.3 is 23.9 Å². The number of hydrogen-bond acceptors (Lipinski definition) is 5. The molecule has 2 aromatic carbocycles. The van der Waals surface area contributed by atoms with Gasteiger partial charge in [-0.1, -0.05) is 6.07 Å². The van der Waals surface area contributed by atoms with Crippen LogP contribution in [0.25, 0.3) is 11.0 Å². The van der Waals surface area contributed by atoms with Crippen LogP contribution in [0.15, 0.2) is 36.4 Å². The molecule has 1 aliphatic rings. The number of nitrogens with one attached hydrogen (secondary N) is 1. The Bertz CT molecular complexity index is 801. The van der Waals surface area contributed by atoms with Crippen LogP contribution >= 0.6 is 0 Å². The highest BCUT2D eigenvalue weighted by Crippen LogP contribution is 2.33. The number of benzene rings is 2. The molecule has 0 saturated carbocycles. The number of aromatic nitrogens is 2. The summed E-state index contributed by atoms with van der Waals surface area (Å²) >= 11 is 0. The Kier molecular flexibility index (Phi) is 3.42. The maximum absolute atomic E-state index is 5.75. The first kappa shape index (κ1) is 13.8. The molecule has 4 rings (SSSR count). The summed E-state index contributed by atoms with van der Waals surface area (Å²) in [5.41, 5.74) is 1.73. The van der Waals surface area contributed by atoms with E-state index in [1.165, 1.54) is 0 Å². The molecule has 1 N–H and O–H groups in total. The first-order chi connectivity index (χ1) is 11.3. The Hall–Kier alpha value is -2.89. The van der Waals surface area contributed by atoms with Gasteiger partial charge in [-0.05, 0) is 12.1 Å². The van der Waals surface area contributed by atoms with Gasteiger partial charge in [0.1, 0.15) is 37.1 Å². The first-order valence-electron chi connectivity index (χ1n) is 7.37. The van der Waals surface area contributed by atoms with Crippen molar-refractivity contribution in [2.24, 2.45) is 0 Å². The van der Waals surface area contributed by atoms with Crippen molar-refractivity contribution in [3.63, 3.8) is 0 Å². The molecule has 0 saturated heterocycles. The van der Waals surface area contributed by atoms with Crippen LogP contribution in [0.4, 0.5) is 0 Å². The summed E-state index contributed by atoms with van der Waals surface area (Å²) in [7, 11) is 1.63. The monoisotopic (exact) mass is 312 g/mol. The van der Waals surface area contributed by atoms with Crippen molar-refractivity contribution in [3.8, 4) is 23.0 Å². The average molecular weight is 312 g/mol. The van der Waals surface area contributed by atoms with E-state index in [0.717, 1.165) is 39.9 Å². The van der Waals surface area contributed by atoms with Gasteiger partial charge in [-0.3, -0.25) is 0 Å². The van der Waals surface area contributed by atoms with E-state index >= 15 is 0 Å². The van der Waals surface area contributed by atoms with E-state index in [0.29, 0.717) is 19.8 Å². The maximum Gasteiger partial charge on any atom is 0.163 e. The summed E-state index contributed by atoms with van der Waals surface area (Å²) in [6, 6.07) is 11.3. The maximum atomic E-state index is 5.75. The van der Waals surface area contributed by atoms with Crippen LogP contribution in [0, 0.1) is 0 Å². The second-order valence-electron chi connectivity index (χ2n) is 5.16. The third kappa shape index (κ3) is 2.75. The van der Waals surface area contributed by atoms with Crippen LogP contribution < -0.4 is 18.9 Å². The van der Waals surface area contributed by atoms with Gasteiger partial charge in [0.15, 0.2) is 11.5 Å². The molecule has 0 aliphatic carbocycles. The Morgan fingerprint density at radius 3 is 2.70 bits per heavy atom. The third-order valence-corrected chi connectivity index (χ3v) is 3.61. The van der Waals surface area contributed by atoms with Gasteiger partial charge in [-0.15, -0.1) is 0 Å². The van der Waals surface area contributed by atoms with Crippen molar-refractivity contribution >= 4 is 11.0 Å². The smallest absolute Gasteiger partial charge is 0.163 e. The zero-order chi connectivity index (χ0) is 15.6. The number of hydrogen-bond donors (Lipinski definition) is 1. The van der Waals surface area contributed by atoms with Crippen molar-refractivity contribution in [2.45, 2.75) is 6.61 Å². The molecule has 6 nitrogen and oxygen atoms in total. The highest BCUT2D eigenvalue weighted by molar-refractivity contribution is 5.79. The predicted molar refractivity (Wildman–Crippen MR) is 84.4 cm³/mol. The molecule has 1 aliphatic heterocycles. The number of nitrogens with zero attached hydrogens (tertiary/aromatic N) is 1. The number of H-pyrrole nitrogens is 1. The van der Waals surface area contributed by atoms with Crippen molar-refractivity contribution in [2.75, 3.05) is 20.3 Å². The van der Waals surface area contributed by atoms with Crippen LogP contribution in [-0.4, -0.2) is 30.3 Å². The zero-order valence-corrected chi connectivity index (χ0v) is 12.7. The van der Waals surface area contributed by atoms with Crippen molar-refractivity contribution in [1.82, 2.24) is 9.97 Å². The van der Waals surface area contributed by atoms with Crippen LogP contribution in [0.2, 0.25) is 0 Å². The largest absolute Gasteiger partial charge is 0.497 e. The molecule has 0 atom stereocenters. The fourth-order valence-electron chi connectivity index (χ4n) is 2.51. The second-order valence-corrected chi connectivity index (χ2v) is 5.16. The molecule has 6 heteroatoms. The van der Waals surface area contributed by atoms with Gasteiger partial charge in [-0.25, -0.2) is 4.98 Å². The zero-order valence-electron chi connectivity index (χ0n) is 12.7. The molecule has 0 amide bonds. The highest BCUT2D eigenvalue weighted by Gasteiger charge is 2.15. The summed E-state index contributed by atoms with van der Waals surface area (Å²) in [5, 5.41) is 0. The quantitative estimate of drug-likeness (QED) is 0.802. The molecule has 3 aromatic rings. The molecule has 1 aromatic heterocycles. The Balaban J connectivity index is 1.54. The van der Waals surface area contributed by atoms with Gasteiger partial charge in [-0.2, -0.15) is 0 Å². The molecule has 0 fully saturated rings. The lowest BCUT2D eigenvalue weighted by atomic mass is 10.2. The lowest BCUT2D eigenvalue weighted by Crippen LogP contribution is -2.15. The van der Waals surface area contributed by atoms with E-state index < -0.39 is 0 Å². The van der Waals surface area contributed by atoms with Crippen molar-refractivity contribution < 1.29 is 18.9 Å². The topological polar surface area (TPSA) is 65.6 Å². The summed E-state index contributed by atoms with van der Waals surface area (Å²) in [6.07, 6.45) is 0. The van der Waals surface area contributed by atoms with Gasteiger partial charge in [0.25, 0.3) is 0 Å². The first-order valence-corrected chi connectivity index (χ1v) is 7.37. The minimum atomic E-state index is 0.341. The molecule has 0 unspecified atom stereocenters. The molecule has 0 spiro atoms. The van der Waals surface area contributed by atoms with E-state index in [1.807, 2.05) is 36.4 Å². The van der Waals surface area contributed by atoms with Gasteiger partial charge in [0.2, 0.25) is 0 Å². The molecule has 0 radical (unpaired) electrons. The summed E-state index contributed by atoms with van der Waals surface area (Å²) < 4.78 is 22.1. The Labute approximate surface area is 133 Å². The lowest BCUT2D eigenvalue weighted by molar-refractivity contribution is 0.172. The minimum absolute atomic E-state index is 0.341. The summed E-state index contributed by atoms with van der Waals surface area (Å²) in [5.74, 6) is 3.71. The number of ether oxygens (including phenoxy) is 4. The summed E-state index contributed by atoms with van der Waals surface area (Å²) in [6.45, 7) is 1.47. The fraction of sp³-hybridized carbons (Fsp3) is 0.235. The Morgan fingerprint density at radius 1 is 1.09 bits per heavy atom. The van der Waals surface area contributed by atoms with E-state index in [9.17, 15) is 0 Å². The predicted octanol–water partition coefficient (Wildman–Crippen LogP) is 2.92. The Morgan fingerprint density at radius 2 is 1.87 bits per heavy atom. The van der Waals surface area contributed by atoms with Gasteiger partial charge in [0.05, 0.1) is 18.1 Å². The molecule has 118 valence electrons. The van der Waals surface area contributed by atoms with Crippen LogP contribution in [0.3, 0.4) is 0 Å². The molecule has 23 heavy (non-hydrogen) atoms. The van der Waals surface area contributed by atoms with E-state index in [2.05, 4.69) is 9.97 Å². The number of aromatic amines is 1. The SMILES string of the molecule is COc1cccc(OCc2nc3cc4c(cc3[nH]2)OCCO4)c1. The minimum Gasteiger partial charge on any atom is -0.497 e. The number of rotatable bonds is 4. The molecular formula is C17H16N2O4. The van der Waals surface area contributed by atoms with E-state index in [1.54, 1.807) is 7.11 Å². The van der Waals surface area contributed by atoms with E-state index in [-0.39, 0.29) is 0 Å². The molecular weight excluding hydrogens is 296 g/mol. The highest BCUT2D eigenvalue weighted by atomic mass is 16.6. The third-order valence-electron chi connectivity index (χ3n) is 3.61. The fourth-order valence-corrected chi connectivity index (χ4v) is 2.51. The van der Waals surface area contributed by atoms with Crippen LogP contribution in [0.1, 0.15) is 5.82 Å².